The van der Waals surface area contributed by atoms with Crippen LogP contribution >= 0.6 is 11.6 Å². The van der Waals surface area contributed by atoms with Crippen LogP contribution in [0, 0.1) is 0 Å². The predicted molar refractivity (Wildman–Crippen MR) is 49.1 cm³/mol. The molecule has 1 heterocycles. The van der Waals surface area contributed by atoms with Crippen LogP contribution < -0.4 is 5.73 Å². The average molecular weight is 182 g/mol. The smallest absolute Gasteiger partial charge is 0.135 e. The zero-order valence-electron chi connectivity index (χ0n) is 6.38. The van der Waals surface area contributed by atoms with Crippen LogP contribution in [-0.4, -0.2) is 0 Å². The van der Waals surface area contributed by atoms with Gasteiger partial charge < -0.3 is 10.2 Å². The first kappa shape index (κ1) is 7.65. The van der Waals surface area contributed by atoms with Crippen molar-refractivity contribution in [2.75, 3.05) is 0 Å². The Morgan fingerprint density at radius 3 is 3.00 bits per heavy atom. The van der Waals surface area contributed by atoms with Crippen molar-refractivity contribution in [3.05, 3.63) is 35.0 Å². The molecular weight excluding hydrogens is 174 g/mol. The number of furan rings is 1. The third-order valence-electron chi connectivity index (χ3n) is 1.86. The van der Waals surface area contributed by atoms with Gasteiger partial charge in [-0.25, -0.2) is 0 Å². The van der Waals surface area contributed by atoms with Crippen LogP contribution in [0.2, 0.25) is 5.02 Å². The van der Waals surface area contributed by atoms with Crippen LogP contribution in [0.5, 0.6) is 0 Å². The lowest BCUT2D eigenvalue weighted by molar-refractivity contribution is 0.616. The summed E-state index contributed by atoms with van der Waals surface area (Å²) < 4.78 is 5.20. The van der Waals surface area contributed by atoms with Crippen LogP contribution in [0.25, 0.3) is 11.0 Å². The van der Waals surface area contributed by atoms with Crippen molar-refractivity contribution in [3.8, 4) is 0 Å². The summed E-state index contributed by atoms with van der Waals surface area (Å²) in [7, 11) is 0. The molecule has 0 radical (unpaired) electrons. The molecule has 1 aromatic heterocycles. The number of fused-ring (bicyclic) bond motifs is 1. The normalized spacial score (nSPS) is 10.8. The second kappa shape index (κ2) is 2.81. The summed E-state index contributed by atoms with van der Waals surface area (Å²) in [5.41, 5.74) is 7.36. The third kappa shape index (κ3) is 1.00. The zero-order chi connectivity index (χ0) is 8.55. The van der Waals surface area contributed by atoms with Crippen molar-refractivity contribution < 1.29 is 4.42 Å². The monoisotopic (exact) mass is 181 g/mol. The lowest BCUT2D eigenvalue weighted by Crippen LogP contribution is -1.95. The average Bonchev–Trinajstić information content (AvgIpc) is 2.48. The van der Waals surface area contributed by atoms with Crippen LogP contribution in [0.4, 0.5) is 0 Å². The first-order valence-corrected chi connectivity index (χ1v) is 4.05. The predicted octanol–water partition coefficient (Wildman–Crippen LogP) is 2.54. The van der Waals surface area contributed by atoms with E-state index in [4.69, 9.17) is 21.8 Å². The van der Waals surface area contributed by atoms with E-state index in [2.05, 4.69) is 0 Å². The molecule has 3 heteroatoms. The van der Waals surface area contributed by atoms with Gasteiger partial charge in [0.1, 0.15) is 11.8 Å². The summed E-state index contributed by atoms with van der Waals surface area (Å²) in [6.45, 7) is 0.483. The van der Waals surface area contributed by atoms with Gasteiger partial charge in [0.25, 0.3) is 0 Å². The van der Waals surface area contributed by atoms with E-state index in [1.807, 2.05) is 18.2 Å². The zero-order valence-corrected chi connectivity index (χ0v) is 7.14. The van der Waals surface area contributed by atoms with Gasteiger partial charge in [-0.1, -0.05) is 23.7 Å². The third-order valence-corrected chi connectivity index (χ3v) is 2.14. The number of nitrogens with two attached hydrogens (primary N) is 1. The number of hydrogen-bond acceptors (Lipinski definition) is 2. The van der Waals surface area contributed by atoms with Gasteiger partial charge >= 0.3 is 0 Å². The molecule has 2 nitrogen and oxygen atoms in total. The van der Waals surface area contributed by atoms with Crippen LogP contribution in [-0.2, 0) is 6.54 Å². The summed E-state index contributed by atoms with van der Waals surface area (Å²) in [6, 6.07) is 5.73. The Morgan fingerprint density at radius 1 is 1.42 bits per heavy atom. The van der Waals surface area contributed by atoms with Crippen molar-refractivity contribution in [3.63, 3.8) is 0 Å². The molecule has 0 aliphatic heterocycles. The second-order valence-corrected chi connectivity index (χ2v) is 2.99. The number of rotatable bonds is 1. The van der Waals surface area contributed by atoms with E-state index in [-0.39, 0.29) is 0 Å². The van der Waals surface area contributed by atoms with Crippen LogP contribution in [0.3, 0.4) is 0 Å². The largest absolute Gasteiger partial charge is 0.463 e. The van der Waals surface area contributed by atoms with E-state index in [0.717, 1.165) is 16.5 Å². The van der Waals surface area contributed by atoms with Gasteiger partial charge in [0.05, 0.1) is 5.02 Å². The van der Waals surface area contributed by atoms with Gasteiger partial charge in [0, 0.05) is 11.9 Å². The molecule has 0 bridgehead atoms. The minimum absolute atomic E-state index is 0.483. The SMILES string of the molecule is NCc1cccc2occ(Cl)c12. The molecule has 0 saturated heterocycles. The fourth-order valence-electron chi connectivity index (χ4n) is 1.29. The molecule has 0 aliphatic carbocycles. The van der Waals surface area contributed by atoms with Crippen molar-refractivity contribution in [1.82, 2.24) is 0 Å². The minimum Gasteiger partial charge on any atom is -0.463 e. The molecule has 2 rings (SSSR count). The summed E-state index contributed by atoms with van der Waals surface area (Å²) in [5.74, 6) is 0. The van der Waals surface area contributed by atoms with E-state index >= 15 is 0 Å². The fourth-order valence-corrected chi connectivity index (χ4v) is 1.55. The molecule has 2 N–H and O–H groups in total. The molecule has 2 aromatic rings. The molecule has 0 unspecified atom stereocenters. The Balaban J connectivity index is 2.84. The molecule has 0 fully saturated rings. The maximum absolute atomic E-state index is 5.91. The van der Waals surface area contributed by atoms with E-state index in [1.165, 1.54) is 6.26 Å². The molecule has 0 spiro atoms. The standard InChI is InChI=1S/C9H8ClNO/c10-7-5-12-8-3-1-2-6(4-11)9(7)8/h1-3,5H,4,11H2. The van der Waals surface area contributed by atoms with Crippen molar-refractivity contribution >= 4 is 22.6 Å². The molecule has 1 aromatic carbocycles. The highest BCUT2D eigenvalue weighted by atomic mass is 35.5. The number of hydrogen-bond donors (Lipinski definition) is 1. The van der Waals surface area contributed by atoms with Crippen molar-refractivity contribution in [2.45, 2.75) is 6.54 Å². The van der Waals surface area contributed by atoms with E-state index in [0.29, 0.717) is 11.6 Å². The van der Waals surface area contributed by atoms with Crippen LogP contribution in [0.1, 0.15) is 5.56 Å². The molecular formula is C9H8ClNO. The highest BCUT2D eigenvalue weighted by Gasteiger charge is 2.06. The Hall–Kier alpha value is -0.990. The first-order valence-electron chi connectivity index (χ1n) is 3.67. The van der Waals surface area contributed by atoms with Gasteiger partial charge in [-0.3, -0.25) is 0 Å². The van der Waals surface area contributed by atoms with Gasteiger partial charge in [0.15, 0.2) is 0 Å². The Morgan fingerprint density at radius 2 is 2.25 bits per heavy atom. The summed E-state index contributed by atoms with van der Waals surface area (Å²) in [5, 5.41) is 1.56. The Bertz CT molecular complexity index is 408. The Kier molecular flexibility index (Phi) is 1.79. The summed E-state index contributed by atoms with van der Waals surface area (Å²) in [4.78, 5) is 0. The summed E-state index contributed by atoms with van der Waals surface area (Å²) >= 11 is 5.91. The van der Waals surface area contributed by atoms with Gasteiger partial charge in [-0.15, -0.1) is 0 Å². The van der Waals surface area contributed by atoms with E-state index < -0.39 is 0 Å². The van der Waals surface area contributed by atoms with Gasteiger partial charge in [-0.2, -0.15) is 0 Å². The van der Waals surface area contributed by atoms with E-state index in [1.54, 1.807) is 0 Å². The molecule has 62 valence electrons. The van der Waals surface area contributed by atoms with Gasteiger partial charge in [-0.05, 0) is 11.6 Å². The maximum Gasteiger partial charge on any atom is 0.135 e. The molecule has 0 saturated carbocycles. The number of halogens is 1. The molecule has 0 amide bonds. The maximum atomic E-state index is 5.91. The lowest BCUT2D eigenvalue weighted by Gasteiger charge is -1.97. The molecule has 0 atom stereocenters. The van der Waals surface area contributed by atoms with Crippen LogP contribution in [0.15, 0.2) is 28.9 Å². The van der Waals surface area contributed by atoms with Crippen molar-refractivity contribution in [1.29, 1.82) is 0 Å². The first-order chi connectivity index (χ1) is 5.83. The summed E-state index contributed by atoms with van der Waals surface area (Å²) in [6.07, 6.45) is 1.53. The Labute approximate surface area is 74.9 Å². The topological polar surface area (TPSA) is 39.2 Å². The van der Waals surface area contributed by atoms with Crippen molar-refractivity contribution in [2.24, 2.45) is 5.73 Å². The highest BCUT2D eigenvalue weighted by Crippen LogP contribution is 2.28. The van der Waals surface area contributed by atoms with E-state index in [9.17, 15) is 0 Å². The quantitative estimate of drug-likeness (QED) is 0.735. The minimum atomic E-state index is 0.483. The van der Waals surface area contributed by atoms with Gasteiger partial charge in [0.2, 0.25) is 0 Å². The molecule has 12 heavy (non-hydrogen) atoms. The number of benzene rings is 1. The fraction of sp³-hybridized carbons (Fsp3) is 0.111. The highest BCUT2D eigenvalue weighted by molar-refractivity contribution is 6.35. The lowest BCUT2D eigenvalue weighted by atomic mass is 10.1. The molecule has 0 aliphatic rings. The second-order valence-electron chi connectivity index (χ2n) is 2.58.